The molecule has 0 atom stereocenters. The molecule has 1 rings (SSSR count). The van der Waals surface area contributed by atoms with Crippen molar-refractivity contribution in [3.63, 3.8) is 0 Å². The summed E-state index contributed by atoms with van der Waals surface area (Å²) in [5.41, 5.74) is 0. The average molecular weight is 216 g/mol. The minimum absolute atomic E-state index is 0. The Balaban J connectivity index is 0.00000121. The molecular weight excluding hydrogens is 201 g/mol. The molecular formula is C10H14OZn. The van der Waals surface area contributed by atoms with Crippen LogP contribution in [0, 0.1) is 0 Å². The topological polar surface area (TPSA) is 9.23 Å². The minimum atomic E-state index is 0. The third kappa shape index (κ3) is 4.51. The van der Waals surface area contributed by atoms with Gasteiger partial charge in [-0.2, -0.15) is 0 Å². The molecule has 2 heteroatoms. The molecule has 1 aromatic rings. The predicted octanol–water partition coefficient (Wildman–Crippen LogP) is 2.86. The normalized spacial score (nSPS) is 8.75. The van der Waals surface area contributed by atoms with Crippen LogP contribution in [0.3, 0.4) is 0 Å². The number of rotatable bonds is 4. The van der Waals surface area contributed by atoms with Gasteiger partial charge >= 0.3 is 0 Å². The molecule has 0 heterocycles. The van der Waals surface area contributed by atoms with Gasteiger partial charge < -0.3 is 4.74 Å². The minimum Gasteiger partial charge on any atom is -0.494 e. The van der Waals surface area contributed by atoms with Crippen LogP contribution in [0.4, 0.5) is 0 Å². The first kappa shape index (κ1) is 11.6. The molecule has 0 saturated heterocycles. The van der Waals surface area contributed by atoms with Crippen molar-refractivity contribution in [2.75, 3.05) is 6.61 Å². The van der Waals surface area contributed by atoms with Crippen molar-refractivity contribution in [3.8, 4) is 5.75 Å². The number of ether oxygens (including phenoxy) is 1. The van der Waals surface area contributed by atoms with Gasteiger partial charge in [-0.1, -0.05) is 31.5 Å². The number of hydrogen-bond acceptors (Lipinski definition) is 1. The SMILES string of the molecule is CCCCOc1ccccc1.[Zn]. The fraction of sp³-hybridized carbons (Fsp3) is 0.400. The summed E-state index contributed by atoms with van der Waals surface area (Å²) in [4.78, 5) is 0. The van der Waals surface area contributed by atoms with Gasteiger partial charge in [0.05, 0.1) is 6.61 Å². The molecule has 0 saturated carbocycles. The van der Waals surface area contributed by atoms with Crippen LogP contribution in [0.2, 0.25) is 0 Å². The van der Waals surface area contributed by atoms with Crippen molar-refractivity contribution in [1.82, 2.24) is 0 Å². The number of para-hydroxylation sites is 1. The molecule has 1 aromatic carbocycles. The van der Waals surface area contributed by atoms with E-state index in [1.54, 1.807) is 0 Å². The molecule has 12 heavy (non-hydrogen) atoms. The predicted molar refractivity (Wildman–Crippen MR) is 46.8 cm³/mol. The van der Waals surface area contributed by atoms with E-state index in [0.29, 0.717) is 0 Å². The quantitative estimate of drug-likeness (QED) is 0.554. The molecule has 62 valence electrons. The van der Waals surface area contributed by atoms with E-state index in [1.807, 2.05) is 30.3 Å². The van der Waals surface area contributed by atoms with Gasteiger partial charge in [0, 0.05) is 19.5 Å². The van der Waals surface area contributed by atoms with Crippen molar-refractivity contribution in [1.29, 1.82) is 0 Å². The Morgan fingerprint density at radius 3 is 2.42 bits per heavy atom. The first-order valence-electron chi connectivity index (χ1n) is 4.11. The van der Waals surface area contributed by atoms with Crippen LogP contribution in [-0.2, 0) is 19.5 Å². The van der Waals surface area contributed by atoms with E-state index in [9.17, 15) is 0 Å². The zero-order valence-electron chi connectivity index (χ0n) is 7.62. The summed E-state index contributed by atoms with van der Waals surface area (Å²) < 4.78 is 5.45. The van der Waals surface area contributed by atoms with Crippen LogP contribution in [0.25, 0.3) is 0 Å². The Morgan fingerprint density at radius 1 is 1.17 bits per heavy atom. The largest absolute Gasteiger partial charge is 0.494 e. The first-order chi connectivity index (χ1) is 5.43. The number of benzene rings is 1. The summed E-state index contributed by atoms with van der Waals surface area (Å²) in [5.74, 6) is 0.973. The van der Waals surface area contributed by atoms with Gasteiger partial charge in [0.1, 0.15) is 5.75 Å². The Hall–Kier alpha value is -0.357. The van der Waals surface area contributed by atoms with Gasteiger partial charge in [0.2, 0.25) is 0 Å². The molecule has 0 aliphatic heterocycles. The third-order valence-corrected chi connectivity index (χ3v) is 1.51. The molecule has 0 bridgehead atoms. The van der Waals surface area contributed by atoms with Crippen molar-refractivity contribution in [2.24, 2.45) is 0 Å². The van der Waals surface area contributed by atoms with Crippen molar-refractivity contribution in [2.45, 2.75) is 19.8 Å². The maximum Gasteiger partial charge on any atom is 0.119 e. The fourth-order valence-corrected chi connectivity index (χ4v) is 0.851. The zero-order chi connectivity index (χ0) is 7.94. The molecule has 0 radical (unpaired) electrons. The number of hydrogen-bond donors (Lipinski definition) is 0. The summed E-state index contributed by atoms with van der Waals surface area (Å²) in [5, 5.41) is 0. The molecule has 0 N–H and O–H groups in total. The van der Waals surface area contributed by atoms with Crippen LogP contribution in [0.15, 0.2) is 30.3 Å². The monoisotopic (exact) mass is 214 g/mol. The first-order valence-corrected chi connectivity index (χ1v) is 4.11. The van der Waals surface area contributed by atoms with E-state index in [0.717, 1.165) is 18.8 Å². The fourth-order valence-electron chi connectivity index (χ4n) is 0.851. The zero-order valence-corrected chi connectivity index (χ0v) is 10.6. The summed E-state index contributed by atoms with van der Waals surface area (Å²) in [6.45, 7) is 2.99. The van der Waals surface area contributed by atoms with E-state index < -0.39 is 0 Å². The Labute approximate surface area is 86.9 Å². The summed E-state index contributed by atoms with van der Waals surface area (Å²) in [6.07, 6.45) is 2.32. The van der Waals surface area contributed by atoms with Crippen LogP contribution < -0.4 is 4.74 Å². The summed E-state index contributed by atoms with van der Waals surface area (Å²) in [7, 11) is 0. The van der Waals surface area contributed by atoms with Gasteiger partial charge in [0.15, 0.2) is 0 Å². The molecule has 0 spiro atoms. The molecule has 0 unspecified atom stereocenters. The van der Waals surface area contributed by atoms with Crippen molar-refractivity contribution >= 4 is 0 Å². The molecule has 0 amide bonds. The van der Waals surface area contributed by atoms with E-state index in [-0.39, 0.29) is 19.5 Å². The van der Waals surface area contributed by atoms with E-state index in [4.69, 9.17) is 4.74 Å². The van der Waals surface area contributed by atoms with Crippen LogP contribution in [0.5, 0.6) is 5.75 Å². The summed E-state index contributed by atoms with van der Waals surface area (Å²) >= 11 is 0. The van der Waals surface area contributed by atoms with Crippen molar-refractivity contribution < 1.29 is 24.2 Å². The second kappa shape index (κ2) is 7.30. The molecule has 0 fully saturated rings. The molecule has 1 nitrogen and oxygen atoms in total. The third-order valence-electron chi connectivity index (χ3n) is 1.51. The molecule has 0 aromatic heterocycles. The maximum atomic E-state index is 5.45. The van der Waals surface area contributed by atoms with Crippen LogP contribution in [0.1, 0.15) is 19.8 Å². The Kier molecular flexibility index (Phi) is 7.08. The average Bonchev–Trinajstić information content (AvgIpc) is 2.07. The van der Waals surface area contributed by atoms with Gasteiger partial charge in [0.25, 0.3) is 0 Å². The Bertz CT molecular complexity index is 186. The van der Waals surface area contributed by atoms with Gasteiger partial charge in [-0.3, -0.25) is 0 Å². The van der Waals surface area contributed by atoms with E-state index >= 15 is 0 Å². The van der Waals surface area contributed by atoms with Crippen molar-refractivity contribution in [3.05, 3.63) is 30.3 Å². The Morgan fingerprint density at radius 2 is 1.83 bits per heavy atom. The van der Waals surface area contributed by atoms with Crippen LogP contribution >= 0.6 is 0 Å². The maximum absolute atomic E-state index is 5.45. The standard InChI is InChI=1S/C10H14O.Zn/c1-2-3-9-11-10-7-5-4-6-8-10;/h4-8H,2-3,9H2,1H3;. The van der Waals surface area contributed by atoms with Gasteiger partial charge in [-0.25, -0.2) is 0 Å². The summed E-state index contributed by atoms with van der Waals surface area (Å²) in [6, 6.07) is 9.93. The van der Waals surface area contributed by atoms with Gasteiger partial charge in [-0.15, -0.1) is 0 Å². The van der Waals surface area contributed by atoms with Crippen LogP contribution in [-0.4, -0.2) is 6.61 Å². The van der Waals surface area contributed by atoms with E-state index in [2.05, 4.69) is 6.92 Å². The van der Waals surface area contributed by atoms with Gasteiger partial charge in [-0.05, 0) is 18.6 Å². The second-order valence-corrected chi connectivity index (χ2v) is 2.52. The number of unbranched alkanes of at least 4 members (excludes halogenated alkanes) is 1. The molecule has 0 aliphatic rings. The molecule has 0 aliphatic carbocycles. The second-order valence-electron chi connectivity index (χ2n) is 2.52. The van der Waals surface area contributed by atoms with E-state index in [1.165, 1.54) is 6.42 Å². The smallest absolute Gasteiger partial charge is 0.119 e.